The molecule has 0 spiro atoms. The molecule has 0 bridgehead atoms. The predicted molar refractivity (Wildman–Crippen MR) is 104 cm³/mol. The first-order valence-corrected chi connectivity index (χ1v) is 12.4. The van der Waals surface area contributed by atoms with Crippen LogP contribution in [0.4, 0.5) is 0 Å². The normalized spacial score (nSPS) is 15.8. The summed E-state index contributed by atoms with van der Waals surface area (Å²) in [6.45, 7) is 14.9. The molecular formula is C17H29BrN4OSi. The summed E-state index contributed by atoms with van der Waals surface area (Å²) in [5, 5.41) is 1.11. The molecule has 0 atom stereocenters. The molecule has 0 radical (unpaired) electrons. The lowest BCUT2D eigenvalue weighted by molar-refractivity contribution is 0.198. The minimum absolute atomic E-state index is 0.255. The van der Waals surface area contributed by atoms with Gasteiger partial charge in [0, 0.05) is 48.3 Å². The van der Waals surface area contributed by atoms with Crippen LogP contribution in [0, 0.1) is 0 Å². The number of hydrogen-bond donors (Lipinski definition) is 0. The van der Waals surface area contributed by atoms with Crippen LogP contribution in [0.3, 0.4) is 0 Å². The highest BCUT2D eigenvalue weighted by Crippen LogP contribution is 2.36. The van der Waals surface area contributed by atoms with Gasteiger partial charge in [0.2, 0.25) is 0 Å². The van der Waals surface area contributed by atoms with E-state index in [0.717, 1.165) is 37.3 Å². The summed E-state index contributed by atoms with van der Waals surface area (Å²) in [6.07, 6.45) is 7.53. The smallest absolute Gasteiger partial charge is 0.192 e. The predicted octanol–water partition coefficient (Wildman–Crippen LogP) is 3.81. The summed E-state index contributed by atoms with van der Waals surface area (Å²) in [5.74, 6) is 0. The molecule has 1 aromatic rings. The highest BCUT2D eigenvalue weighted by molar-refractivity contribution is 9.09. The highest BCUT2D eigenvalue weighted by Gasteiger charge is 2.37. The van der Waals surface area contributed by atoms with Gasteiger partial charge in [0.25, 0.3) is 0 Å². The first-order chi connectivity index (χ1) is 11.2. The Morgan fingerprint density at radius 3 is 2.50 bits per heavy atom. The van der Waals surface area contributed by atoms with Crippen LogP contribution in [0.15, 0.2) is 30.6 Å². The Kier molecular flexibility index (Phi) is 6.44. The van der Waals surface area contributed by atoms with Crippen LogP contribution >= 0.6 is 15.9 Å². The van der Waals surface area contributed by atoms with E-state index >= 15 is 0 Å². The van der Waals surface area contributed by atoms with Gasteiger partial charge in [-0.25, -0.2) is 9.97 Å². The first-order valence-electron chi connectivity index (χ1n) is 8.36. The van der Waals surface area contributed by atoms with Gasteiger partial charge < -0.3 is 14.2 Å². The van der Waals surface area contributed by atoms with Crippen LogP contribution in [-0.2, 0) is 11.0 Å². The molecular weight excluding hydrogens is 384 g/mol. The van der Waals surface area contributed by atoms with Gasteiger partial charge in [-0.05, 0) is 18.1 Å². The van der Waals surface area contributed by atoms with E-state index in [4.69, 9.17) is 4.43 Å². The monoisotopic (exact) mass is 412 g/mol. The van der Waals surface area contributed by atoms with Crippen LogP contribution in [0.5, 0.6) is 0 Å². The van der Waals surface area contributed by atoms with Crippen LogP contribution < -0.4 is 0 Å². The Morgan fingerprint density at radius 1 is 1.25 bits per heavy atom. The lowest BCUT2D eigenvalue weighted by Gasteiger charge is -2.37. The molecule has 0 unspecified atom stereocenters. The van der Waals surface area contributed by atoms with Crippen LogP contribution in [0.1, 0.15) is 26.3 Å². The zero-order valence-electron chi connectivity index (χ0n) is 15.4. The molecule has 0 N–H and O–H groups in total. The Bertz CT molecular complexity index is 559. The number of hydrogen-bond acceptors (Lipinski definition) is 5. The molecule has 24 heavy (non-hydrogen) atoms. The Balaban J connectivity index is 1.87. The number of halogens is 1. The van der Waals surface area contributed by atoms with Gasteiger partial charge in [0.1, 0.15) is 6.33 Å². The molecule has 2 heterocycles. The maximum absolute atomic E-state index is 6.32. The Labute approximate surface area is 155 Å². The van der Waals surface area contributed by atoms with E-state index < -0.39 is 8.32 Å². The molecule has 1 aromatic heterocycles. The maximum atomic E-state index is 6.32. The Morgan fingerprint density at radius 2 is 1.92 bits per heavy atom. The average Bonchev–Trinajstić information content (AvgIpc) is 2.89. The first kappa shape index (κ1) is 19.4. The summed E-state index contributed by atoms with van der Waals surface area (Å²) >= 11 is 3.60. The number of aromatic nitrogens is 2. The number of alkyl halides is 1. The zero-order chi connectivity index (χ0) is 17.8. The molecule has 0 saturated heterocycles. The van der Waals surface area contributed by atoms with Crippen molar-refractivity contribution in [3.05, 3.63) is 36.2 Å². The van der Waals surface area contributed by atoms with Crippen molar-refractivity contribution < 1.29 is 4.43 Å². The summed E-state index contributed by atoms with van der Waals surface area (Å²) in [7, 11) is -1.67. The second-order valence-corrected chi connectivity index (χ2v) is 13.1. The highest BCUT2D eigenvalue weighted by atomic mass is 79.9. The van der Waals surface area contributed by atoms with Crippen molar-refractivity contribution >= 4 is 24.2 Å². The number of nitrogens with zero attached hydrogens (tertiary/aromatic N) is 4. The van der Waals surface area contributed by atoms with Crippen LogP contribution in [0.2, 0.25) is 18.1 Å². The van der Waals surface area contributed by atoms with Gasteiger partial charge in [-0.1, -0.05) is 36.7 Å². The van der Waals surface area contributed by atoms with Crippen molar-refractivity contribution in [3.8, 4) is 0 Å². The molecule has 2 rings (SSSR count). The second-order valence-electron chi connectivity index (χ2n) is 7.76. The van der Waals surface area contributed by atoms with E-state index in [1.54, 1.807) is 6.33 Å². The minimum Gasteiger partial charge on any atom is -0.415 e. The third-order valence-electron chi connectivity index (χ3n) is 4.86. The zero-order valence-corrected chi connectivity index (χ0v) is 18.0. The summed E-state index contributed by atoms with van der Waals surface area (Å²) in [4.78, 5) is 12.8. The van der Waals surface area contributed by atoms with E-state index in [0.29, 0.717) is 0 Å². The lowest BCUT2D eigenvalue weighted by atomic mass is 10.2. The molecule has 0 aromatic carbocycles. The fraction of sp³-hybridized carbons (Fsp3) is 0.647. The van der Waals surface area contributed by atoms with E-state index in [9.17, 15) is 0 Å². The van der Waals surface area contributed by atoms with Crippen molar-refractivity contribution in [1.29, 1.82) is 0 Å². The molecule has 5 nitrogen and oxygen atoms in total. The van der Waals surface area contributed by atoms with Crippen LogP contribution in [-0.4, -0.2) is 53.2 Å². The fourth-order valence-electron chi connectivity index (χ4n) is 2.35. The van der Waals surface area contributed by atoms with E-state index in [1.807, 2.05) is 12.4 Å². The SMILES string of the molecule is CC(C)(C)[Si](C)(C)OCCN1CN(Cc2cncnc2)C=C1CBr. The van der Waals surface area contributed by atoms with Crippen LogP contribution in [0.25, 0.3) is 0 Å². The van der Waals surface area contributed by atoms with Crippen molar-refractivity contribution in [2.75, 3.05) is 25.2 Å². The molecule has 1 aliphatic rings. The van der Waals surface area contributed by atoms with E-state index in [1.165, 1.54) is 5.70 Å². The van der Waals surface area contributed by atoms with E-state index in [-0.39, 0.29) is 5.04 Å². The van der Waals surface area contributed by atoms with Crippen molar-refractivity contribution in [1.82, 2.24) is 19.8 Å². The number of rotatable bonds is 7. The van der Waals surface area contributed by atoms with Gasteiger partial charge in [-0.2, -0.15) is 0 Å². The minimum atomic E-state index is -1.67. The van der Waals surface area contributed by atoms with Gasteiger partial charge in [0.05, 0.1) is 13.3 Å². The molecule has 0 amide bonds. The second kappa shape index (κ2) is 7.97. The molecule has 7 heteroatoms. The van der Waals surface area contributed by atoms with Gasteiger partial charge in [0.15, 0.2) is 8.32 Å². The van der Waals surface area contributed by atoms with Crippen molar-refractivity contribution in [2.24, 2.45) is 0 Å². The van der Waals surface area contributed by atoms with Crippen molar-refractivity contribution in [2.45, 2.75) is 45.4 Å². The van der Waals surface area contributed by atoms with Gasteiger partial charge in [-0.15, -0.1) is 0 Å². The summed E-state index contributed by atoms with van der Waals surface area (Å²) in [5.41, 5.74) is 2.42. The molecule has 0 saturated carbocycles. The van der Waals surface area contributed by atoms with Crippen molar-refractivity contribution in [3.63, 3.8) is 0 Å². The third-order valence-corrected chi connectivity index (χ3v) is 9.97. The molecule has 1 aliphatic heterocycles. The Hall–Kier alpha value is -0.923. The largest absolute Gasteiger partial charge is 0.415 e. The number of allylic oxidation sites excluding steroid dienone is 1. The molecule has 0 fully saturated rings. The maximum Gasteiger partial charge on any atom is 0.192 e. The lowest BCUT2D eigenvalue weighted by Crippen LogP contribution is -2.42. The summed E-state index contributed by atoms with van der Waals surface area (Å²) in [6, 6.07) is 0. The fourth-order valence-corrected chi connectivity index (χ4v) is 3.88. The van der Waals surface area contributed by atoms with Gasteiger partial charge >= 0.3 is 0 Å². The third kappa shape index (κ3) is 5.04. The van der Waals surface area contributed by atoms with E-state index in [2.05, 4.69) is 75.8 Å². The standard InChI is InChI=1S/C17H29BrN4OSi/c1-17(2,3)24(4,5)23-7-6-22-14-21(12-16(22)8-18)11-15-9-19-13-20-10-15/h9-10,12-13H,6-8,11,14H2,1-5H3. The molecule has 134 valence electrons. The quantitative estimate of drug-likeness (QED) is 0.502. The average molecular weight is 413 g/mol. The topological polar surface area (TPSA) is 41.5 Å². The van der Waals surface area contributed by atoms with Gasteiger partial charge in [-0.3, -0.25) is 0 Å². The molecule has 0 aliphatic carbocycles. The summed E-state index contributed by atoms with van der Waals surface area (Å²) < 4.78 is 6.32.